The molecule has 3 N–H and O–H groups in total. The first-order valence-electron chi connectivity index (χ1n) is 4.79. The lowest BCUT2D eigenvalue weighted by Gasteiger charge is -2.10. The molecular formula is C9H13N5O. The molecule has 15 heavy (non-hydrogen) atoms. The van der Waals surface area contributed by atoms with Crippen LogP contribution < -0.4 is 11.3 Å². The van der Waals surface area contributed by atoms with Gasteiger partial charge in [-0.3, -0.25) is 9.36 Å². The lowest BCUT2D eigenvalue weighted by atomic mass is 10.2. The van der Waals surface area contributed by atoms with Crippen LogP contribution in [0, 0.1) is 5.92 Å². The van der Waals surface area contributed by atoms with Gasteiger partial charge in [-0.25, -0.2) is 4.98 Å². The highest BCUT2D eigenvalue weighted by molar-refractivity contribution is 5.69. The number of nitrogens with zero attached hydrogens (tertiary/aromatic N) is 3. The number of hydrogen-bond acceptors (Lipinski definition) is 4. The van der Waals surface area contributed by atoms with Gasteiger partial charge in [-0.15, -0.1) is 0 Å². The molecule has 0 aliphatic rings. The minimum atomic E-state index is -0.163. The summed E-state index contributed by atoms with van der Waals surface area (Å²) in [5, 5.41) is 0. The minimum absolute atomic E-state index is 0.163. The van der Waals surface area contributed by atoms with E-state index in [0.29, 0.717) is 23.6 Å². The lowest BCUT2D eigenvalue weighted by Crippen LogP contribution is -2.26. The quantitative estimate of drug-likeness (QED) is 0.743. The Morgan fingerprint density at radius 2 is 2.33 bits per heavy atom. The molecule has 0 radical (unpaired) electrons. The molecule has 2 rings (SSSR count). The molecule has 0 spiro atoms. The van der Waals surface area contributed by atoms with Crippen LogP contribution in [0.2, 0.25) is 0 Å². The molecule has 2 aromatic rings. The van der Waals surface area contributed by atoms with Gasteiger partial charge in [-0.1, -0.05) is 13.8 Å². The Labute approximate surface area is 86.2 Å². The molecule has 0 amide bonds. The molecule has 0 atom stereocenters. The van der Waals surface area contributed by atoms with Crippen molar-refractivity contribution in [1.29, 1.82) is 0 Å². The van der Waals surface area contributed by atoms with Crippen molar-refractivity contribution in [3.8, 4) is 0 Å². The first-order valence-corrected chi connectivity index (χ1v) is 4.79. The number of anilines is 1. The number of aromatic nitrogens is 4. The predicted octanol–water partition coefficient (Wildman–Crippen LogP) is 0.358. The first-order chi connectivity index (χ1) is 7.09. The highest BCUT2D eigenvalue weighted by Gasteiger charge is 2.10. The van der Waals surface area contributed by atoms with E-state index in [4.69, 9.17) is 5.73 Å². The maximum Gasteiger partial charge on any atom is 0.280 e. The third kappa shape index (κ3) is 1.58. The summed E-state index contributed by atoms with van der Waals surface area (Å²) in [5.41, 5.74) is 6.31. The van der Waals surface area contributed by atoms with Crippen LogP contribution in [0.4, 0.5) is 5.95 Å². The van der Waals surface area contributed by atoms with Gasteiger partial charge in [-0.2, -0.15) is 4.98 Å². The van der Waals surface area contributed by atoms with E-state index in [-0.39, 0.29) is 11.5 Å². The van der Waals surface area contributed by atoms with Crippen LogP contribution in [0.25, 0.3) is 11.2 Å². The highest BCUT2D eigenvalue weighted by Crippen LogP contribution is 2.06. The minimum Gasteiger partial charge on any atom is -0.369 e. The summed E-state index contributed by atoms with van der Waals surface area (Å²) in [6, 6.07) is 0. The van der Waals surface area contributed by atoms with Crippen molar-refractivity contribution in [2.24, 2.45) is 5.92 Å². The van der Waals surface area contributed by atoms with Crippen molar-refractivity contribution in [3.63, 3.8) is 0 Å². The number of hydrogen-bond donors (Lipinski definition) is 2. The van der Waals surface area contributed by atoms with Gasteiger partial charge in [0.05, 0.1) is 6.33 Å². The molecule has 2 heterocycles. The Morgan fingerprint density at radius 1 is 1.60 bits per heavy atom. The molecule has 0 unspecified atom stereocenters. The van der Waals surface area contributed by atoms with Gasteiger partial charge in [-0.05, 0) is 5.92 Å². The van der Waals surface area contributed by atoms with Crippen molar-refractivity contribution < 1.29 is 0 Å². The molecular weight excluding hydrogens is 194 g/mol. The van der Waals surface area contributed by atoms with Gasteiger partial charge < -0.3 is 10.7 Å². The molecule has 0 bridgehead atoms. The van der Waals surface area contributed by atoms with E-state index in [0.717, 1.165) is 0 Å². The van der Waals surface area contributed by atoms with E-state index in [1.165, 1.54) is 10.9 Å². The van der Waals surface area contributed by atoms with Crippen molar-refractivity contribution >= 4 is 17.1 Å². The molecule has 2 aromatic heterocycles. The lowest BCUT2D eigenvalue weighted by molar-refractivity contribution is 0.514. The molecule has 0 saturated carbocycles. The summed E-state index contributed by atoms with van der Waals surface area (Å²) in [7, 11) is 0. The Kier molecular flexibility index (Phi) is 2.18. The van der Waals surface area contributed by atoms with Gasteiger partial charge >= 0.3 is 0 Å². The van der Waals surface area contributed by atoms with Crippen molar-refractivity contribution in [2.75, 3.05) is 5.73 Å². The predicted molar refractivity (Wildman–Crippen MR) is 57.4 cm³/mol. The average molecular weight is 207 g/mol. The van der Waals surface area contributed by atoms with Gasteiger partial charge in [0.15, 0.2) is 11.2 Å². The molecule has 0 aliphatic carbocycles. The number of aromatic amines is 1. The molecule has 6 nitrogen and oxygen atoms in total. The van der Waals surface area contributed by atoms with Crippen LogP contribution in [-0.2, 0) is 6.54 Å². The summed E-state index contributed by atoms with van der Waals surface area (Å²) in [5.74, 6) is 0.556. The standard InChI is InChI=1S/C9H13N5O/c1-5(2)3-14-8(15)6-7(12-4-11-6)13-9(14)10/h4-5H,3H2,1-2H3,(H2,10,13)(H,11,12). The number of nitrogens with one attached hydrogen (secondary N) is 1. The van der Waals surface area contributed by atoms with Crippen LogP contribution in [0.15, 0.2) is 11.1 Å². The van der Waals surface area contributed by atoms with E-state index < -0.39 is 0 Å². The number of nitrogen functional groups attached to an aromatic ring is 1. The summed E-state index contributed by atoms with van der Waals surface area (Å²) >= 11 is 0. The van der Waals surface area contributed by atoms with Gasteiger partial charge in [0, 0.05) is 6.54 Å². The van der Waals surface area contributed by atoms with E-state index in [1.807, 2.05) is 13.8 Å². The molecule has 0 saturated heterocycles. The van der Waals surface area contributed by atoms with Gasteiger partial charge in [0.1, 0.15) is 0 Å². The third-order valence-electron chi connectivity index (χ3n) is 2.12. The number of rotatable bonds is 2. The molecule has 0 aromatic carbocycles. The average Bonchev–Trinajstić information content (AvgIpc) is 2.59. The smallest absolute Gasteiger partial charge is 0.280 e. The van der Waals surface area contributed by atoms with E-state index in [1.54, 1.807) is 0 Å². The summed E-state index contributed by atoms with van der Waals surface area (Å²) in [4.78, 5) is 22.6. The largest absolute Gasteiger partial charge is 0.369 e. The Morgan fingerprint density at radius 3 is 3.00 bits per heavy atom. The fourth-order valence-electron chi connectivity index (χ4n) is 1.48. The van der Waals surface area contributed by atoms with Crippen LogP contribution in [0.1, 0.15) is 13.8 Å². The number of H-pyrrole nitrogens is 1. The fraction of sp³-hybridized carbons (Fsp3) is 0.444. The molecule has 80 valence electrons. The second-order valence-corrected chi connectivity index (χ2v) is 3.88. The zero-order valence-electron chi connectivity index (χ0n) is 8.69. The van der Waals surface area contributed by atoms with Crippen molar-refractivity contribution in [2.45, 2.75) is 20.4 Å². The topological polar surface area (TPSA) is 89.6 Å². The second-order valence-electron chi connectivity index (χ2n) is 3.88. The summed E-state index contributed by atoms with van der Waals surface area (Å²) in [6.07, 6.45) is 1.44. The van der Waals surface area contributed by atoms with Crippen LogP contribution in [0.5, 0.6) is 0 Å². The van der Waals surface area contributed by atoms with Crippen molar-refractivity contribution in [3.05, 3.63) is 16.7 Å². The van der Waals surface area contributed by atoms with Crippen LogP contribution in [0.3, 0.4) is 0 Å². The van der Waals surface area contributed by atoms with E-state index >= 15 is 0 Å². The third-order valence-corrected chi connectivity index (χ3v) is 2.12. The van der Waals surface area contributed by atoms with E-state index in [9.17, 15) is 4.79 Å². The summed E-state index contributed by atoms with van der Waals surface area (Å²) < 4.78 is 1.46. The van der Waals surface area contributed by atoms with Gasteiger partial charge in [0.25, 0.3) is 5.56 Å². The highest BCUT2D eigenvalue weighted by atomic mass is 16.1. The SMILES string of the molecule is CC(C)Cn1c(N)nc2nc[nH]c2c1=O. The van der Waals surface area contributed by atoms with Crippen molar-refractivity contribution in [1.82, 2.24) is 19.5 Å². The van der Waals surface area contributed by atoms with Crippen LogP contribution in [-0.4, -0.2) is 19.5 Å². The Balaban J connectivity index is 2.67. The Bertz CT molecular complexity index is 539. The number of nitrogens with two attached hydrogens (primary N) is 1. The number of imidazole rings is 1. The number of fused-ring (bicyclic) bond motifs is 1. The Hall–Kier alpha value is -1.85. The molecule has 0 fully saturated rings. The first kappa shape index (κ1) is 9.70. The fourth-order valence-corrected chi connectivity index (χ4v) is 1.48. The van der Waals surface area contributed by atoms with Crippen LogP contribution >= 0.6 is 0 Å². The zero-order chi connectivity index (χ0) is 11.0. The van der Waals surface area contributed by atoms with E-state index in [2.05, 4.69) is 15.0 Å². The molecule has 6 heteroatoms. The maximum absolute atomic E-state index is 11.9. The second kappa shape index (κ2) is 3.38. The monoisotopic (exact) mass is 207 g/mol. The maximum atomic E-state index is 11.9. The molecule has 0 aliphatic heterocycles. The zero-order valence-corrected chi connectivity index (χ0v) is 8.69. The normalized spacial score (nSPS) is 11.4. The summed E-state index contributed by atoms with van der Waals surface area (Å²) in [6.45, 7) is 4.60. The van der Waals surface area contributed by atoms with Gasteiger partial charge in [0.2, 0.25) is 5.95 Å².